The third-order valence-electron chi connectivity index (χ3n) is 4.88. The van der Waals surface area contributed by atoms with Gasteiger partial charge in [0.05, 0.1) is 18.8 Å². The predicted molar refractivity (Wildman–Crippen MR) is 103 cm³/mol. The van der Waals surface area contributed by atoms with Crippen molar-refractivity contribution in [3.05, 3.63) is 52.9 Å². The third-order valence-corrected chi connectivity index (χ3v) is 5.69. The molecule has 3 heterocycles. The quantitative estimate of drug-likeness (QED) is 0.611. The van der Waals surface area contributed by atoms with E-state index in [1.165, 1.54) is 42.9 Å². The Labute approximate surface area is 170 Å². The monoisotopic (exact) mass is 415 g/mol. The number of nitrogens with zero attached hydrogens (tertiary/aromatic N) is 5. The molecular weight excluding hydrogens is 397 g/mol. The van der Waals surface area contributed by atoms with Crippen molar-refractivity contribution >= 4 is 23.4 Å². The summed E-state index contributed by atoms with van der Waals surface area (Å²) in [6.07, 6.45) is 0. The fraction of sp³-hybridized carbons (Fsp3) is 0.316. The molecule has 1 aliphatic rings. The van der Waals surface area contributed by atoms with Gasteiger partial charge < -0.3 is 14.2 Å². The molecule has 0 bridgehead atoms. The maximum Gasteiger partial charge on any atom is 0.358 e. The van der Waals surface area contributed by atoms with Crippen molar-refractivity contribution in [2.45, 2.75) is 26.4 Å². The number of imidazole rings is 1. The maximum absolute atomic E-state index is 13.2. The molecule has 0 radical (unpaired) electrons. The highest BCUT2D eigenvalue weighted by Gasteiger charge is 2.36. The molecule has 4 rings (SSSR count). The molecule has 10 heteroatoms. The van der Waals surface area contributed by atoms with E-state index in [-0.39, 0.29) is 11.6 Å². The Bertz CT molecular complexity index is 1090. The Morgan fingerprint density at radius 3 is 2.55 bits per heavy atom. The first-order valence-electron chi connectivity index (χ1n) is 8.96. The third kappa shape index (κ3) is 3.29. The molecule has 3 aromatic rings. The number of hydrogen-bond acceptors (Lipinski definition) is 7. The SMILES string of the molecule is COC(=O)c1nc(-c2nc(C)ns2)n2c1C(C)N(C(=O)c1ccc(F)cc1)CC2. The van der Waals surface area contributed by atoms with Crippen LogP contribution in [0.5, 0.6) is 0 Å². The van der Waals surface area contributed by atoms with Gasteiger partial charge in [-0.3, -0.25) is 4.79 Å². The lowest BCUT2D eigenvalue weighted by Crippen LogP contribution is -2.41. The lowest BCUT2D eigenvalue weighted by atomic mass is 10.1. The second kappa shape index (κ2) is 7.36. The van der Waals surface area contributed by atoms with Crippen molar-refractivity contribution in [2.75, 3.05) is 13.7 Å². The van der Waals surface area contributed by atoms with E-state index < -0.39 is 17.8 Å². The van der Waals surface area contributed by atoms with Crippen LogP contribution in [0, 0.1) is 12.7 Å². The molecule has 29 heavy (non-hydrogen) atoms. The summed E-state index contributed by atoms with van der Waals surface area (Å²) in [5.74, 6) is -0.0693. The fourth-order valence-corrected chi connectivity index (χ4v) is 4.17. The number of carbonyl (C=O) groups excluding carboxylic acids is 2. The molecule has 1 atom stereocenters. The number of methoxy groups -OCH3 is 1. The number of ether oxygens (including phenoxy) is 1. The first kappa shape index (κ1) is 19.2. The van der Waals surface area contributed by atoms with Crippen LogP contribution >= 0.6 is 11.5 Å². The summed E-state index contributed by atoms with van der Waals surface area (Å²) in [4.78, 5) is 35.9. The van der Waals surface area contributed by atoms with Gasteiger partial charge in [0.1, 0.15) is 11.6 Å². The lowest BCUT2D eigenvalue weighted by Gasteiger charge is -2.35. The first-order chi connectivity index (χ1) is 13.9. The van der Waals surface area contributed by atoms with Crippen molar-refractivity contribution in [2.24, 2.45) is 0 Å². The zero-order valence-electron chi connectivity index (χ0n) is 16.0. The molecule has 0 aliphatic carbocycles. The van der Waals surface area contributed by atoms with Crippen LogP contribution in [0.25, 0.3) is 10.8 Å². The number of carbonyl (C=O) groups is 2. The number of aryl methyl sites for hydroxylation is 1. The van der Waals surface area contributed by atoms with Gasteiger partial charge >= 0.3 is 5.97 Å². The van der Waals surface area contributed by atoms with Crippen LogP contribution in [0.4, 0.5) is 4.39 Å². The largest absolute Gasteiger partial charge is 0.464 e. The average molecular weight is 415 g/mol. The zero-order valence-corrected chi connectivity index (χ0v) is 16.9. The van der Waals surface area contributed by atoms with Gasteiger partial charge in [0.25, 0.3) is 5.91 Å². The summed E-state index contributed by atoms with van der Waals surface area (Å²) in [6.45, 7) is 4.46. The van der Waals surface area contributed by atoms with Crippen LogP contribution in [-0.4, -0.2) is 49.3 Å². The van der Waals surface area contributed by atoms with Gasteiger partial charge in [0, 0.05) is 18.7 Å². The van der Waals surface area contributed by atoms with Crippen molar-refractivity contribution in [3.8, 4) is 10.8 Å². The summed E-state index contributed by atoms with van der Waals surface area (Å²) in [6, 6.07) is 4.97. The minimum Gasteiger partial charge on any atom is -0.464 e. The average Bonchev–Trinajstić information content (AvgIpc) is 3.32. The summed E-state index contributed by atoms with van der Waals surface area (Å²) < 4.78 is 24.2. The molecule has 0 saturated heterocycles. The second-order valence-electron chi connectivity index (χ2n) is 6.64. The van der Waals surface area contributed by atoms with E-state index in [0.717, 1.165) is 0 Å². The number of benzene rings is 1. The number of esters is 1. The number of amides is 1. The molecule has 150 valence electrons. The van der Waals surface area contributed by atoms with E-state index >= 15 is 0 Å². The van der Waals surface area contributed by atoms with Gasteiger partial charge in [0.15, 0.2) is 16.5 Å². The second-order valence-corrected chi connectivity index (χ2v) is 7.39. The number of rotatable bonds is 3. The van der Waals surface area contributed by atoms with E-state index in [1.54, 1.807) is 11.8 Å². The molecule has 1 aromatic carbocycles. The van der Waals surface area contributed by atoms with Crippen LogP contribution < -0.4 is 0 Å². The smallest absolute Gasteiger partial charge is 0.358 e. The Balaban J connectivity index is 1.77. The highest BCUT2D eigenvalue weighted by molar-refractivity contribution is 7.09. The number of fused-ring (bicyclic) bond motifs is 1. The maximum atomic E-state index is 13.2. The van der Waals surface area contributed by atoms with Crippen molar-refractivity contribution in [1.29, 1.82) is 0 Å². The predicted octanol–water partition coefficient (Wildman–Crippen LogP) is 2.85. The van der Waals surface area contributed by atoms with Crippen molar-refractivity contribution in [3.63, 3.8) is 0 Å². The summed E-state index contributed by atoms with van der Waals surface area (Å²) in [7, 11) is 1.29. The fourth-order valence-electron chi connectivity index (χ4n) is 3.50. The van der Waals surface area contributed by atoms with Crippen LogP contribution in [-0.2, 0) is 11.3 Å². The van der Waals surface area contributed by atoms with E-state index in [2.05, 4.69) is 14.3 Å². The molecule has 2 aromatic heterocycles. The standard InChI is InChI=1S/C19H18FN5O3S/c1-10-15-14(19(27)28-3)22-16(17-21-11(2)23-29-17)25(15)9-8-24(10)18(26)12-4-6-13(20)7-5-12/h4-7,10H,8-9H2,1-3H3. The minimum atomic E-state index is -0.579. The van der Waals surface area contributed by atoms with Gasteiger partial charge in [-0.05, 0) is 49.6 Å². The lowest BCUT2D eigenvalue weighted by molar-refractivity contribution is 0.0567. The zero-order chi connectivity index (χ0) is 20.7. The molecule has 1 amide bonds. The highest BCUT2D eigenvalue weighted by Crippen LogP contribution is 2.34. The molecule has 1 aliphatic heterocycles. The number of aromatic nitrogens is 4. The summed E-state index contributed by atoms with van der Waals surface area (Å²) >= 11 is 1.20. The van der Waals surface area contributed by atoms with Gasteiger partial charge in [0.2, 0.25) is 0 Å². The molecule has 1 unspecified atom stereocenters. The summed E-state index contributed by atoms with van der Waals surface area (Å²) in [5.41, 5.74) is 1.12. The van der Waals surface area contributed by atoms with Crippen molar-refractivity contribution in [1.82, 2.24) is 23.8 Å². The Hall–Kier alpha value is -3.14. The van der Waals surface area contributed by atoms with Crippen molar-refractivity contribution < 1.29 is 18.7 Å². The van der Waals surface area contributed by atoms with Crippen LogP contribution in [0.15, 0.2) is 24.3 Å². The Kier molecular flexibility index (Phi) is 4.87. The number of hydrogen-bond donors (Lipinski definition) is 0. The Morgan fingerprint density at radius 1 is 1.21 bits per heavy atom. The van der Waals surface area contributed by atoms with Gasteiger partial charge in [-0.1, -0.05) is 0 Å². The van der Waals surface area contributed by atoms with Crippen LogP contribution in [0.3, 0.4) is 0 Å². The topological polar surface area (TPSA) is 90.2 Å². The van der Waals surface area contributed by atoms with E-state index in [9.17, 15) is 14.0 Å². The highest BCUT2D eigenvalue weighted by atomic mass is 32.1. The Morgan fingerprint density at radius 2 is 1.93 bits per heavy atom. The molecule has 0 spiro atoms. The normalized spacial score (nSPS) is 15.9. The van der Waals surface area contributed by atoms with Gasteiger partial charge in [-0.2, -0.15) is 4.37 Å². The van der Waals surface area contributed by atoms with Crippen LogP contribution in [0.1, 0.15) is 45.3 Å². The molecule has 8 nitrogen and oxygen atoms in total. The summed E-state index contributed by atoms with van der Waals surface area (Å²) in [5, 5.41) is 0.601. The first-order valence-corrected chi connectivity index (χ1v) is 9.74. The number of halogens is 1. The molecular formula is C19H18FN5O3S. The van der Waals surface area contributed by atoms with E-state index in [4.69, 9.17) is 4.74 Å². The molecule has 0 fully saturated rings. The van der Waals surface area contributed by atoms with Crippen LogP contribution in [0.2, 0.25) is 0 Å². The molecule has 0 saturated carbocycles. The van der Waals surface area contributed by atoms with E-state index in [1.807, 2.05) is 11.5 Å². The minimum absolute atomic E-state index is 0.152. The van der Waals surface area contributed by atoms with E-state index in [0.29, 0.717) is 41.0 Å². The molecule has 0 N–H and O–H groups in total. The van der Waals surface area contributed by atoms with Gasteiger partial charge in [-0.15, -0.1) is 0 Å². The van der Waals surface area contributed by atoms with Gasteiger partial charge in [-0.25, -0.2) is 19.2 Å².